The van der Waals surface area contributed by atoms with Gasteiger partial charge in [0.1, 0.15) is 29.9 Å². The lowest BCUT2D eigenvalue weighted by molar-refractivity contribution is -0.128. The number of halogens is 1. The fraction of sp³-hybridized carbons (Fsp3) is 0.250. The van der Waals surface area contributed by atoms with Gasteiger partial charge in [-0.05, 0) is 47.9 Å². The number of aryl methyl sites for hydroxylation is 1. The van der Waals surface area contributed by atoms with E-state index in [1.807, 2.05) is 6.07 Å². The Labute approximate surface area is 165 Å². The number of benzene rings is 1. The van der Waals surface area contributed by atoms with Gasteiger partial charge >= 0.3 is 0 Å². The van der Waals surface area contributed by atoms with Crippen LogP contribution in [0.2, 0.25) is 0 Å². The average molecular weight is 398 g/mol. The normalized spacial score (nSPS) is 18.6. The van der Waals surface area contributed by atoms with Gasteiger partial charge in [-0.25, -0.2) is 9.37 Å². The van der Waals surface area contributed by atoms with Crippen molar-refractivity contribution in [3.05, 3.63) is 54.2 Å². The van der Waals surface area contributed by atoms with Crippen LogP contribution in [0.25, 0.3) is 22.8 Å². The molecule has 4 N–H and O–H groups in total. The second-order valence-corrected chi connectivity index (χ2v) is 6.79. The maximum Gasteiger partial charge on any atom is 0.245 e. The number of carbonyl (C=O) groups is 2. The number of aliphatic hydroxyl groups excluding tert-OH is 1. The largest absolute Gasteiger partial charge is 0.443 e. The Balaban J connectivity index is 1.53. The standard InChI is InChI=1S/C20H19FN4O4/c21-13-4-1-11(2-5-13)17-12(9-14(24-17)20-22-7-8-29-20)3-6-16(27)25-18-15(26)10-23-19(18)28/h1-2,4-5,7-9,15,18,24,26H,3,6,10H2,(H,23,28)(H,25,27)/t15-,18+/m1/s1. The lowest BCUT2D eigenvalue weighted by atomic mass is 10.0. The van der Waals surface area contributed by atoms with Gasteiger partial charge in [-0.15, -0.1) is 0 Å². The highest BCUT2D eigenvalue weighted by atomic mass is 19.1. The molecule has 3 heterocycles. The summed E-state index contributed by atoms with van der Waals surface area (Å²) in [6, 6.07) is 6.89. The second kappa shape index (κ2) is 7.88. The van der Waals surface area contributed by atoms with Crippen LogP contribution in [0, 0.1) is 5.82 Å². The summed E-state index contributed by atoms with van der Waals surface area (Å²) in [5, 5.41) is 14.8. The van der Waals surface area contributed by atoms with Gasteiger partial charge in [0.15, 0.2) is 0 Å². The predicted molar refractivity (Wildman–Crippen MR) is 101 cm³/mol. The van der Waals surface area contributed by atoms with E-state index in [-0.39, 0.29) is 24.7 Å². The third kappa shape index (κ3) is 4.04. The third-order valence-corrected chi connectivity index (χ3v) is 4.79. The topological polar surface area (TPSA) is 120 Å². The fourth-order valence-electron chi connectivity index (χ4n) is 3.30. The van der Waals surface area contributed by atoms with Gasteiger partial charge in [0.25, 0.3) is 0 Å². The molecule has 0 radical (unpaired) electrons. The first-order valence-electron chi connectivity index (χ1n) is 9.14. The second-order valence-electron chi connectivity index (χ2n) is 6.79. The molecule has 1 aliphatic rings. The van der Waals surface area contributed by atoms with Crippen molar-refractivity contribution < 1.29 is 23.5 Å². The van der Waals surface area contributed by atoms with Gasteiger partial charge < -0.3 is 25.1 Å². The van der Waals surface area contributed by atoms with E-state index in [1.54, 1.807) is 12.1 Å². The summed E-state index contributed by atoms with van der Waals surface area (Å²) >= 11 is 0. The quantitative estimate of drug-likeness (QED) is 0.500. The van der Waals surface area contributed by atoms with Crippen LogP contribution in [0.5, 0.6) is 0 Å². The zero-order valence-corrected chi connectivity index (χ0v) is 15.3. The number of β-amino-alcohol motifs (C(OH)–C–C–N with tert-alkyl or cyclic N) is 1. The van der Waals surface area contributed by atoms with Gasteiger partial charge in [0, 0.05) is 18.7 Å². The number of rotatable bonds is 6. The molecular formula is C20H19FN4O4. The number of aliphatic hydroxyl groups is 1. The van der Waals surface area contributed by atoms with E-state index >= 15 is 0 Å². The molecule has 0 unspecified atom stereocenters. The minimum absolute atomic E-state index is 0.105. The van der Waals surface area contributed by atoms with Gasteiger partial charge in [0.2, 0.25) is 17.7 Å². The molecule has 0 aliphatic carbocycles. The zero-order chi connectivity index (χ0) is 20.4. The van der Waals surface area contributed by atoms with E-state index in [9.17, 15) is 19.1 Å². The Morgan fingerprint density at radius 3 is 2.79 bits per heavy atom. The molecule has 0 saturated carbocycles. The third-order valence-electron chi connectivity index (χ3n) is 4.79. The molecule has 1 aliphatic heterocycles. The number of H-pyrrole nitrogens is 1. The Morgan fingerprint density at radius 2 is 2.14 bits per heavy atom. The Kier molecular flexibility index (Phi) is 5.13. The minimum Gasteiger partial charge on any atom is -0.443 e. The molecule has 1 saturated heterocycles. The first-order valence-corrected chi connectivity index (χ1v) is 9.14. The van der Waals surface area contributed by atoms with Crippen molar-refractivity contribution in [2.24, 2.45) is 0 Å². The predicted octanol–water partition coefficient (Wildman–Crippen LogP) is 1.38. The average Bonchev–Trinajstić information content (AvgIpc) is 3.44. The van der Waals surface area contributed by atoms with Crippen LogP contribution in [0.15, 0.2) is 47.2 Å². The maximum atomic E-state index is 13.3. The zero-order valence-electron chi connectivity index (χ0n) is 15.3. The summed E-state index contributed by atoms with van der Waals surface area (Å²) in [4.78, 5) is 31.3. The van der Waals surface area contributed by atoms with Crippen molar-refractivity contribution in [1.29, 1.82) is 0 Å². The fourth-order valence-corrected chi connectivity index (χ4v) is 3.30. The molecule has 1 fully saturated rings. The number of hydrogen-bond donors (Lipinski definition) is 4. The lowest BCUT2D eigenvalue weighted by Gasteiger charge is -2.13. The van der Waals surface area contributed by atoms with Crippen LogP contribution in [0.1, 0.15) is 12.0 Å². The van der Waals surface area contributed by atoms with E-state index in [0.29, 0.717) is 18.0 Å². The first-order chi connectivity index (χ1) is 14.0. The van der Waals surface area contributed by atoms with Crippen molar-refractivity contribution in [2.75, 3.05) is 6.54 Å². The van der Waals surface area contributed by atoms with Crippen molar-refractivity contribution in [1.82, 2.24) is 20.6 Å². The molecular weight excluding hydrogens is 379 g/mol. The molecule has 2 atom stereocenters. The first kappa shape index (κ1) is 18.9. The van der Waals surface area contributed by atoms with E-state index in [4.69, 9.17) is 4.42 Å². The van der Waals surface area contributed by atoms with Crippen LogP contribution >= 0.6 is 0 Å². The van der Waals surface area contributed by atoms with E-state index < -0.39 is 18.1 Å². The smallest absolute Gasteiger partial charge is 0.245 e. The number of aromatic amines is 1. The summed E-state index contributed by atoms with van der Waals surface area (Å²) in [7, 11) is 0. The van der Waals surface area contributed by atoms with E-state index in [1.165, 1.54) is 24.6 Å². The van der Waals surface area contributed by atoms with E-state index in [0.717, 1.165) is 16.8 Å². The Bertz CT molecular complexity index is 1010. The van der Waals surface area contributed by atoms with Crippen LogP contribution in [-0.2, 0) is 16.0 Å². The SMILES string of the molecule is O=C(CCc1cc(-c2ncco2)[nH]c1-c1ccc(F)cc1)N[C@@H]1C(=O)NC[C@H]1O. The highest BCUT2D eigenvalue weighted by Gasteiger charge is 2.34. The van der Waals surface area contributed by atoms with Crippen molar-refractivity contribution >= 4 is 11.8 Å². The molecule has 0 bridgehead atoms. The lowest BCUT2D eigenvalue weighted by Crippen LogP contribution is -2.45. The van der Waals surface area contributed by atoms with Crippen LogP contribution < -0.4 is 10.6 Å². The van der Waals surface area contributed by atoms with Gasteiger partial charge in [-0.1, -0.05) is 0 Å². The number of nitrogens with one attached hydrogen (secondary N) is 3. The number of nitrogens with zero attached hydrogens (tertiary/aromatic N) is 1. The minimum atomic E-state index is -0.940. The van der Waals surface area contributed by atoms with Gasteiger partial charge in [-0.2, -0.15) is 0 Å². The van der Waals surface area contributed by atoms with Gasteiger partial charge in [-0.3, -0.25) is 9.59 Å². The number of hydrogen-bond acceptors (Lipinski definition) is 5. The van der Waals surface area contributed by atoms with E-state index in [2.05, 4.69) is 20.6 Å². The number of oxazole rings is 1. The summed E-state index contributed by atoms with van der Waals surface area (Å²) < 4.78 is 18.6. The monoisotopic (exact) mass is 398 g/mol. The van der Waals surface area contributed by atoms with Crippen molar-refractivity contribution in [3.8, 4) is 22.8 Å². The Morgan fingerprint density at radius 1 is 1.34 bits per heavy atom. The van der Waals surface area contributed by atoms with Crippen LogP contribution in [-0.4, -0.2) is 45.6 Å². The molecule has 8 nitrogen and oxygen atoms in total. The van der Waals surface area contributed by atoms with Crippen LogP contribution in [0.4, 0.5) is 4.39 Å². The molecule has 4 rings (SSSR count). The van der Waals surface area contributed by atoms with Crippen molar-refractivity contribution in [2.45, 2.75) is 25.0 Å². The molecule has 2 aromatic heterocycles. The molecule has 2 amide bonds. The summed E-state index contributed by atoms with van der Waals surface area (Å²) in [6.45, 7) is 0.121. The van der Waals surface area contributed by atoms with Crippen LogP contribution in [0.3, 0.4) is 0 Å². The molecule has 1 aromatic carbocycles. The maximum absolute atomic E-state index is 13.3. The van der Waals surface area contributed by atoms with Gasteiger partial charge in [0.05, 0.1) is 6.20 Å². The summed E-state index contributed by atoms with van der Waals surface area (Å²) in [6.07, 6.45) is 2.51. The molecule has 0 spiro atoms. The molecule has 150 valence electrons. The molecule has 3 aromatic rings. The summed E-state index contributed by atoms with van der Waals surface area (Å²) in [5.41, 5.74) is 2.93. The van der Waals surface area contributed by atoms with Crippen molar-refractivity contribution in [3.63, 3.8) is 0 Å². The molecule has 9 heteroatoms. The number of carbonyl (C=O) groups excluding carboxylic acids is 2. The number of aromatic nitrogens is 2. The highest BCUT2D eigenvalue weighted by molar-refractivity contribution is 5.90. The molecule has 29 heavy (non-hydrogen) atoms. The highest BCUT2D eigenvalue weighted by Crippen LogP contribution is 2.29. The Hall–Kier alpha value is -3.46. The number of amides is 2. The summed E-state index contributed by atoms with van der Waals surface area (Å²) in [5.74, 6) is -0.696.